The van der Waals surface area contributed by atoms with Gasteiger partial charge in [0.15, 0.2) is 0 Å². The highest BCUT2D eigenvalue weighted by atomic mass is 16.6. The lowest BCUT2D eigenvalue weighted by Gasteiger charge is -2.08. The molecule has 0 atom stereocenters. The third-order valence-corrected chi connectivity index (χ3v) is 4.50. The van der Waals surface area contributed by atoms with E-state index < -0.39 is 30.1 Å². The number of ether oxygens (including phenoxy) is 7. The summed E-state index contributed by atoms with van der Waals surface area (Å²) in [7, 11) is 0. The molecule has 3 N–H and O–H groups in total. The van der Waals surface area contributed by atoms with Crippen LogP contribution in [0.3, 0.4) is 0 Å². The van der Waals surface area contributed by atoms with Gasteiger partial charge in [-0.05, 0) is 6.42 Å². The number of carbonyl (C=O) groups is 5. The van der Waals surface area contributed by atoms with Crippen molar-refractivity contribution >= 4 is 29.6 Å². The van der Waals surface area contributed by atoms with Crippen molar-refractivity contribution in [1.29, 1.82) is 0 Å². The van der Waals surface area contributed by atoms with Gasteiger partial charge < -0.3 is 48.7 Å². The summed E-state index contributed by atoms with van der Waals surface area (Å²) in [5.41, 5.74) is 0. The molecule has 0 fully saturated rings. The van der Waals surface area contributed by atoms with Crippen molar-refractivity contribution in [2.75, 3.05) is 92.4 Å². The quantitative estimate of drug-likeness (QED) is 0.0589. The van der Waals surface area contributed by atoms with E-state index in [1.807, 2.05) is 0 Å². The molecule has 0 saturated carbocycles. The highest BCUT2D eigenvalue weighted by Crippen LogP contribution is 1.95. The average Bonchev–Trinajstić information content (AvgIpc) is 2.90. The highest BCUT2D eigenvalue weighted by Gasteiger charge is 2.14. The first-order valence-corrected chi connectivity index (χ1v) is 12.7. The Morgan fingerprint density at radius 2 is 0.949 bits per heavy atom. The zero-order valence-electron chi connectivity index (χ0n) is 22.2. The zero-order chi connectivity index (χ0) is 29.0. The van der Waals surface area contributed by atoms with Crippen LogP contribution in [0.2, 0.25) is 0 Å². The molecule has 39 heavy (non-hydrogen) atoms. The molecule has 0 unspecified atom stereocenters. The summed E-state index contributed by atoms with van der Waals surface area (Å²) < 4.78 is 36.9. The minimum atomic E-state index is -1.57. The molecular formula is C24H41NO14. The van der Waals surface area contributed by atoms with Crippen LogP contribution < -0.4 is 5.32 Å². The standard InChI is InChI=1S/C24H41NO14/c26-20(24(31)32)2-5-23(30)39-19-18-38-17-16-37-15-14-36-13-12-35-11-10-34-9-8-33-7-1-6-25-21(27)3-4-22(28)29/h1-19H2,(H,25,27)(H,28,29)(H,31,32). The van der Waals surface area contributed by atoms with Crippen LogP contribution in [-0.2, 0) is 57.1 Å². The topological polar surface area (TPSA) is 202 Å². The van der Waals surface area contributed by atoms with Crippen LogP contribution in [0.15, 0.2) is 0 Å². The normalized spacial score (nSPS) is 10.8. The van der Waals surface area contributed by atoms with Crippen LogP contribution >= 0.6 is 0 Å². The summed E-state index contributed by atoms with van der Waals surface area (Å²) in [6.45, 7) is 5.03. The van der Waals surface area contributed by atoms with Gasteiger partial charge in [-0.3, -0.25) is 19.2 Å². The van der Waals surface area contributed by atoms with Gasteiger partial charge in [-0.15, -0.1) is 0 Å². The van der Waals surface area contributed by atoms with E-state index >= 15 is 0 Å². The molecule has 15 heteroatoms. The molecule has 1 amide bonds. The molecule has 0 saturated heterocycles. The van der Waals surface area contributed by atoms with Gasteiger partial charge in [-0.1, -0.05) is 0 Å². The molecule has 15 nitrogen and oxygen atoms in total. The lowest BCUT2D eigenvalue weighted by atomic mass is 10.2. The fourth-order valence-corrected chi connectivity index (χ4v) is 2.52. The Balaban J connectivity index is 3.19. The third-order valence-electron chi connectivity index (χ3n) is 4.50. The number of nitrogens with one attached hydrogen (secondary N) is 1. The Labute approximate surface area is 227 Å². The lowest BCUT2D eigenvalue weighted by Crippen LogP contribution is -2.25. The molecule has 0 aliphatic rings. The van der Waals surface area contributed by atoms with Gasteiger partial charge in [0.1, 0.15) is 6.61 Å². The predicted molar refractivity (Wildman–Crippen MR) is 132 cm³/mol. The fourth-order valence-electron chi connectivity index (χ4n) is 2.52. The van der Waals surface area contributed by atoms with Gasteiger partial charge in [0.2, 0.25) is 11.7 Å². The molecule has 0 radical (unpaired) electrons. The van der Waals surface area contributed by atoms with E-state index in [0.29, 0.717) is 85.6 Å². The van der Waals surface area contributed by atoms with E-state index in [2.05, 4.69) is 5.32 Å². The molecule has 0 spiro atoms. The van der Waals surface area contributed by atoms with Gasteiger partial charge >= 0.3 is 17.9 Å². The number of amides is 1. The van der Waals surface area contributed by atoms with Crippen molar-refractivity contribution in [2.45, 2.75) is 32.1 Å². The SMILES string of the molecule is O=C(O)CCC(=O)NCCCOCCOCCOCCOCCOCCOCCOC(=O)CCC(=O)C(=O)O. The smallest absolute Gasteiger partial charge is 0.372 e. The monoisotopic (exact) mass is 567 g/mol. The summed E-state index contributed by atoms with van der Waals surface area (Å²) >= 11 is 0. The number of carboxylic acid groups (broad SMARTS) is 2. The first-order valence-electron chi connectivity index (χ1n) is 12.7. The predicted octanol–water partition coefficient (Wildman–Crippen LogP) is -0.566. The van der Waals surface area contributed by atoms with Crippen LogP contribution in [0.1, 0.15) is 32.1 Å². The number of rotatable bonds is 29. The van der Waals surface area contributed by atoms with Gasteiger partial charge in [-0.2, -0.15) is 0 Å². The summed E-state index contributed by atoms with van der Waals surface area (Å²) in [5, 5.41) is 19.5. The Hall–Kier alpha value is -2.69. The Bertz CT molecular complexity index is 688. The van der Waals surface area contributed by atoms with E-state index in [9.17, 15) is 24.0 Å². The second-order valence-electron chi connectivity index (χ2n) is 7.72. The number of hydrogen-bond acceptors (Lipinski definition) is 12. The molecule has 0 rings (SSSR count). The molecule has 0 bridgehead atoms. The van der Waals surface area contributed by atoms with Crippen molar-refractivity contribution in [3.05, 3.63) is 0 Å². The molecule has 0 aliphatic carbocycles. The van der Waals surface area contributed by atoms with E-state index in [1.165, 1.54) is 0 Å². The molecule has 0 aromatic carbocycles. The molecule has 0 aromatic rings. The Kier molecular flexibility index (Phi) is 25.0. The zero-order valence-corrected chi connectivity index (χ0v) is 22.2. The number of Topliss-reactive ketones (excluding diaryl/α,β-unsaturated/α-hetero) is 1. The minimum absolute atomic E-state index is 0.00389. The van der Waals surface area contributed by atoms with Crippen molar-refractivity contribution in [2.24, 2.45) is 0 Å². The first kappa shape index (κ1) is 36.3. The van der Waals surface area contributed by atoms with Crippen LogP contribution in [-0.4, -0.2) is 132 Å². The van der Waals surface area contributed by atoms with Crippen LogP contribution in [0, 0.1) is 0 Å². The number of carbonyl (C=O) groups excluding carboxylic acids is 3. The number of hydrogen-bond donors (Lipinski definition) is 3. The van der Waals surface area contributed by atoms with Gasteiger partial charge in [0.25, 0.3) is 0 Å². The van der Waals surface area contributed by atoms with Crippen molar-refractivity contribution in [3.8, 4) is 0 Å². The lowest BCUT2D eigenvalue weighted by molar-refractivity contribution is -0.151. The van der Waals surface area contributed by atoms with Crippen molar-refractivity contribution in [1.82, 2.24) is 5.32 Å². The summed E-state index contributed by atoms with van der Waals surface area (Å²) in [5.74, 6) is -4.54. The molecule has 0 aliphatic heterocycles. The maximum Gasteiger partial charge on any atom is 0.372 e. The molecule has 226 valence electrons. The second kappa shape index (κ2) is 26.9. The number of ketones is 1. The number of esters is 1. The summed E-state index contributed by atoms with van der Waals surface area (Å²) in [6, 6.07) is 0. The van der Waals surface area contributed by atoms with Crippen LogP contribution in [0.25, 0.3) is 0 Å². The van der Waals surface area contributed by atoms with Crippen LogP contribution in [0.5, 0.6) is 0 Å². The van der Waals surface area contributed by atoms with Crippen molar-refractivity contribution in [3.63, 3.8) is 0 Å². The molecule has 0 aromatic heterocycles. The third kappa shape index (κ3) is 28.1. The average molecular weight is 568 g/mol. The maximum atomic E-state index is 11.3. The second-order valence-corrected chi connectivity index (χ2v) is 7.72. The number of aliphatic carboxylic acids is 2. The minimum Gasteiger partial charge on any atom is -0.481 e. The van der Waals surface area contributed by atoms with E-state index in [4.69, 9.17) is 43.4 Å². The van der Waals surface area contributed by atoms with E-state index in [0.717, 1.165) is 0 Å². The first-order chi connectivity index (χ1) is 18.8. The van der Waals surface area contributed by atoms with Crippen molar-refractivity contribution < 1.29 is 67.3 Å². The summed E-state index contributed by atoms with van der Waals surface area (Å²) in [6.07, 6.45) is -0.248. The van der Waals surface area contributed by atoms with E-state index in [1.54, 1.807) is 0 Å². The van der Waals surface area contributed by atoms with Gasteiger partial charge in [0, 0.05) is 26.0 Å². The number of carboxylic acids is 2. The van der Waals surface area contributed by atoms with Gasteiger partial charge in [0.05, 0.1) is 85.5 Å². The Morgan fingerprint density at radius 1 is 0.513 bits per heavy atom. The summed E-state index contributed by atoms with van der Waals surface area (Å²) in [4.78, 5) is 54.2. The van der Waals surface area contributed by atoms with Gasteiger partial charge in [-0.25, -0.2) is 4.79 Å². The fraction of sp³-hybridized carbons (Fsp3) is 0.792. The molecule has 0 heterocycles. The Morgan fingerprint density at radius 3 is 1.38 bits per heavy atom. The largest absolute Gasteiger partial charge is 0.481 e. The highest BCUT2D eigenvalue weighted by molar-refractivity contribution is 6.32. The molecular weight excluding hydrogens is 526 g/mol. The van der Waals surface area contributed by atoms with E-state index in [-0.39, 0.29) is 38.4 Å². The maximum absolute atomic E-state index is 11.3. The van der Waals surface area contributed by atoms with Crippen LogP contribution in [0.4, 0.5) is 0 Å².